The zero-order valence-corrected chi connectivity index (χ0v) is 14.7. The summed E-state index contributed by atoms with van der Waals surface area (Å²) in [5, 5.41) is 26.6. The van der Waals surface area contributed by atoms with Gasteiger partial charge in [-0.1, -0.05) is 18.2 Å². The van der Waals surface area contributed by atoms with Crippen molar-refractivity contribution in [1.29, 1.82) is 0 Å². The van der Waals surface area contributed by atoms with Gasteiger partial charge in [0.25, 0.3) is 5.91 Å². The van der Waals surface area contributed by atoms with Crippen LogP contribution in [0.15, 0.2) is 77.4 Å². The van der Waals surface area contributed by atoms with E-state index < -0.39 is 0 Å². The van der Waals surface area contributed by atoms with Crippen molar-refractivity contribution in [3.8, 4) is 28.6 Å². The number of hydrogen-bond donors (Lipinski definition) is 3. The number of carbonyl (C=O) groups excluding carboxylic acids is 1. The van der Waals surface area contributed by atoms with E-state index in [1.807, 2.05) is 30.3 Å². The molecule has 4 rings (SSSR count). The highest BCUT2D eigenvalue weighted by Gasteiger charge is 2.19. The molecule has 0 fully saturated rings. The average molecular weight is 375 g/mol. The van der Waals surface area contributed by atoms with Crippen LogP contribution in [0.1, 0.15) is 16.1 Å². The van der Waals surface area contributed by atoms with E-state index in [1.54, 1.807) is 35.2 Å². The molecule has 2 aromatic heterocycles. The third kappa shape index (κ3) is 3.45. The number of furan rings is 1. The Hall–Kier alpha value is -4.00. The Morgan fingerprint density at radius 1 is 1.04 bits per heavy atom. The molecule has 140 valence electrons. The van der Waals surface area contributed by atoms with Gasteiger partial charge in [0.2, 0.25) is 0 Å². The summed E-state index contributed by atoms with van der Waals surface area (Å²) in [5.41, 5.74) is 2.09. The normalized spacial score (nSPS) is 10.7. The third-order valence-corrected chi connectivity index (χ3v) is 4.22. The molecule has 28 heavy (non-hydrogen) atoms. The SMILES string of the molecule is O=C(NCc1ccc(O)cc1O)c1cc(-c2ccco2)nn1-c1ccccc1. The molecule has 0 aliphatic rings. The standard InChI is InChI=1S/C21H17N3O4/c25-16-9-8-14(19(26)11-16)13-22-21(27)18-12-17(20-7-4-10-28-20)23-24(18)15-5-2-1-3-6-15/h1-12,25-26H,13H2,(H,22,27). The van der Waals surface area contributed by atoms with Crippen molar-refractivity contribution in [2.45, 2.75) is 6.54 Å². The van der Waals surface area contributed by atoms with Gasteiger partial charge in [0.05, 0.1) is 12.0 Å². The Morgan fingerprint density at radius 2 is 1.86 bits per heavy atom. The highest BCUT2D eigenvalue weighted by Crippen LogP contribution is 2.24. The van der Waals surface area contributed by atoms with Crippen LogP contribution in [0.5, 0.6) is 11.5 Å². The second-order valence-corrected chi connectivity index (χ2v) is 6.14. The number of phenolic OH excluding ortho intramolecular Hbond substituents is 2. The molecule has 0 saturated carbocycles. The van der Waals surface area contributed by atoms with Gasteiger partial charge in [-0.05, 0) is 36.4 Å². The topological polar surface area (TPSA) is 101 Å². The predicted octanol–water partition coefficient (Wildman–Crippen LogP) is 3.47. The molecule has 0 aliphatic heterocycles. The molecule has 0 bridgehead atoms. The fourth-order valence-electron chi connectivity index (χ4n) is 2.82. The number of benzene rings is 2. The van der Waals surface area contributed by atoms with Gasteiger partial charge in [0.15, 0.2) is 5.76 Å². The lowest BCUT2D eigenvalue weighted by atomic mass is 10.2. The molecule has 7 nitrogen and oxygen atoms in total. The molecule has 0 saturated heterocycles. The molecule has 2 heterocycles. The van der Waals surface area contributed by atoms with Crippen molar-refractivity contribution in [2.75, 3.05) is 0 Å². The van der Waals surface area contributed by atoms with Gasteiger partial charge in [0, 0.05) is 24.2 Å². The first-order valence-electron chi connectivity index (χ1n) is 8.60. The summed E-state index contributed by atoms with van der Waals surface area (Å²) in [7, 11) is 0. The van der Waals surface area contributed by atoms with Crippen molar-refractivity contribution in [1.82, 2.24) is 15.1 Å². The zero-order valence-electron chi connectivity index (χ0n) is 14.7. The Morgan fingerprint density at radius 3 is 2.57 bits per heavy atom. The summed E-state index contributed by atoms with van der Waals surface area (Å²) in [4.78, 5) is 12.8. The first-order chi connectivity index (χ1) is 13.6. The molecule has 0 radical (unpaired) electrons. The fraction of sp³-hybridized carbons (Fsp3) is 0.0476. The Kier molecular flexibility index (Phi) is 4.55. The molecule has 1 amide bonds. The lowest BCUT2D eigenvalue weighted by Gasteiger charge is -2.09. The summed E-state index contributed by atoms with van der Waals surface area (Å²) in [5.74, 6) is 0.0625. The van der Waals surface area contributed by atoms with Crippen molar-refractivity contribution >= 4 is 5.91 Å². The smallest absolute Gasteiger partial charge is 0.270 e. The van der Waals surface area contributed by atoms with Crippen molar-refractivity contribution in [3.05, 3.63) is 84.3 Å². The molecule has 4 aromatic rings. The van der Waals surface area contributed by atoms with E-state index in [2.05, 4.69) is 10.4 Å². The van der Waals surface area contributed by atoms with Crippen LogP contribution in [0, 0.1) is 0 Å². The van der Waals surface area contributed by atoms with Gasteiger partial charge in [-0.3, -0.25) is 4.79 Å². The lowest BCUT2D eigenvalue weighted by Crippen LogP contribution is -2.25. The number of nitrogens with zero attached hydrogens (tertiary/aromatic N) is 2. The van der Waals surface area contributed by atoms with E-state index in [-0.39, 0.29) is 24.0 Å². The highest BCUT2D eigenvalue weighted by molar-refractivity contribution is 5.94. The minimum absolute atomic E-state index is 0.0437. The Balaban J connectivity index is 1.64. The van der Waals surface area contributed by atoms with E-state index in [1.165, 1.54) is 12.1 Å². The first-order valence-corrected chi connectivity index (χ1v) is 8.60. The van der Waals surface area contributed by atoms with E-state index in [9.17, 15) is 15.0 Å². The second-order valence-electron chi connectivity index (χ2n) is 6.14. The summed E-state index contributed by atoms with van der Waals surface area (Å²) in [6, 6.07) is 18.7. The van der Waals surface area contributed by atoms with Crippen LogP contribution in [0.3, 0.4) is 0 Å². The summed E-state index contributed by atoms with van der Waals surface area (Å²) >= 11 is 0. The summed E-state index contributed by atoms with van der Waals surface area (Å²) in [6.07, 6.45) is 1.55. The third-order valence-electron chi connectivity index (χ3n) is 4.22. The van der Waals surface area contributed by atoms with Gasteiger partial charge < -0.3 is 19.9 Å². The van der Waals surface area contributed by atoms with E-state index in [0.29, 0.717) is 22.7 Å². The zero-order chi connectivity index (χ0) is 19.5. The largest absolute Gasteiger partial charge is 0.508 e. The van der Waals surface area contributed by atoms with Gasteiger partial charge in [-0.15, -0.1) is 0 Å². The number of para-hydroxylation sites is 1. The predicted molar refractivity (Wildman–Crippen MR) is 102 cm³/mol. The quantitative estimate of drug-likeness (QED) is 0.496. The van der Waals surface area contributed by atoms with Crippen molar-refractivity contribution in [3.63, 3.8) is 0 Å². The fourth-order valence-corrected chi connectivity index (χ4v) is 2.82. The monoisotopic (exact) mass is 375 g/mol. The minimum atomic E-state index is -0.360. The molecule has 0 spiro atoms. The van der Waals surface area contributed by atoms with Crippen LogP contribution in [0.4, 0.5) is 0 Å². The lowest BCUT2D eigenvalue weighted by molar-refractivity contribution is 0.0943. The van der Waals surface area contributed by atoms with Crippen molar-refractivity contribution < 1.29 is 19.4 Å². The molecule has 3 N–H and O–H groups in total. The molecule has 0 unspecified atom stereocenters. The van der Waals surface area contributed by atoms with Crippen LogP contribution in [-0.4, -0.2) is 25.9 Å². The summed E-state index contributed by atoms with van der Waals surface area (Å²) < 4.78 is 6.94. The van der Waals surface area contributed by atoms with Crippen LogP contribution in [0.2, 0.25) is 0 Å². The van der Waals surface area contributed by atoms with Gasteiger partial charge >= 0.3 is 0 Å². The Labute approximate surface area is 160 Å². The van der Waals surface area contributed by atoms with E-state index >= 15 is 0 Å². The molecular weight excluding hydrogens is 358 g/mol. The van der Waals surface area contributed by atoms with Crippen LogP contribution in [-0.2, 0) is 6.54 Å². The number of carbonyl (C=O) groups is 1. The maximum atomic E-state index is 12.8. The summed E-state index contributed by atoms with van der Waals surface area (Å²) in [6.45, 7) is 0.0982. The van der Waals surface area contributed by atoms with Gasteiger partial charge in [0.1, 0.15) is 22.9 Å². The maximum absolute atomic E-state index is 12.8. The van der Waals surface area contributed by atoms with Crippen molar-refractivity contribution in [2.24, 2.45) is 0 Å². The maximum Gasteiger partial charge on any atom is 0.270 e. The molecular formula is C21H17N3O4. The molecule has 0 aliphatic carbocycles. The van der Waals surface area contributed by atoms with Gasteiger partial charge in [-0.25, -0.2) is 4.68 Å². The van der Waals surface area contributed by atoms with Crippen LogP contribution in [0.25, 0.3) is 17.1 Å². The average Bonchev–Trinajstić information content (AvgIpc) is 3.37. The van der Waals surface area contributed by atoms with Crippen LogP contribution >= 0.6 is 0 Å². The first kappa shape index (κ1) is 17.4. The second kappa shape index (κ2) is 7.32. The number of phenols is 2. The minimum Gasteiger partial charge on any atom is -0.508 e. The highest BCUT2D eigenvalue weighted by atomic mass is 16.3. The van der Waals surface area contributed by atoms with E-state index in [4.69, 9.17) is 4.42 Å². The number of amides is 1. The van der Waals surface area contributed by atoms with Crippen LogP contribution < -0.4 is 5.32 Å². The van der Waals surface area contributed by atoms with E-state index in [0.717, 1.165) is 5.69 Å². The van der Waals surface area contributed by atoms with Gasteiger partial charge in [-0.2, -0.15) is 5.10 Å². The number of aromatic hydroxyl groups is 2. The Bertz CT molecular complexity index is 1100. The number of hydrogen-bond acceptors (Lipinski definition) is 5. The number of rotatable bonds is 5. The molecule has 2 aromatic carbocycles. The number of aromatic nitrogens is 2. The molecule has 0 atom stereocenters. The molecule has 7 heteroatoms. The number of nitrogens with one attached hydrogen (secondary N) is 1.